The molecule has 5 nitrogen and oxygen atoms in total. The highest BCUT2D eigenvalue weighted by Gasteiger charge is 2.14. The van der Waals surface area contributed by atoms with Gasteiger partial charge in [0.15, 0.2) is 5.69 Å². The number of hydrogen-bond acceptors (Lipinski definition) is 5. The molecule has 0 aromatic carbocycles. The zero-order valence-electron chi connectivity index (χ0n) is 7.58. The Kier molecular flexibility index (Phi) is 2.44. The highest BCUT2D eigenvalue weighted by Crippen LogP contribution is 2.26. The van der Waals surface area contributed by atoms with Crippen molar-refractivity contribution < 1.29 is 0 Å². The van der Waals surface area contributed by atoms with Crippen molar-refractivity contribution in [3.8, 4) is 22.7 Å². The number of aromatic nitrogens is 3. The molecule has 2 aromatic heterocycles. The molecule has 0 aliphatic carbocycles. The summed E-state index contributed by atoms with van der Waals surface area (Å²) < 4.78 is 1.43. The fourth-order valence-electron chi connectivity index (χ4n) is 1.22. The quantitative estimate of drug-likeness (QED) is 0.758. The van der Waals surface area contributed by atoms with Crippen LogP contribution in [0.15, 0.2) is 17.5 Å². The first-order valence-corrected chi connectivity index (χ1v) is 4.99. The first-order chi connectivity index (χ1) is 7.36. The van der Waals surface area contributed by atoms with Crippen LogP contribution in [0, 0.1) is 22.7 Å². The number of nitriles is 2. The van der Waals surface area contributed by atoms with Crippen LogP contribution in [0.5, 0.6) is 0 Å². The summed E-state index contributed by atoms with van der Waals surface area (Å²) in [5.41, 5.74) is 0.877. The second-order valence-electron chi connectivity index (χ2n) is 2.69. The molecule has 6 heteroatoms. The minimum Gasteiger partial charge on any atom is -0.228 e. The van der Waals surface area contributed by atoms with Crippen molar-refractivity contribution in [3.05, 3.63) is 23.2 Å². The standard InChI is InChI=1S/C9H5N5S/c10-3-4-14-9(7(6-11)12-13-14)8-2-1-5-15-8/h1-2,5H,4H2. The average Bonchev–Trinajstić information content (AvgIpc) is 2.85. The Hall–Kier alpha value is -2.18. The molecule has 2 aromatic rings. The van der Waals surface area contributed by atoms with Crippen molar-refractivity contribution in [1.82, 2.24) is 15.0 Å². The first-order valence-electron chi connectivity index (χ1n) is 4.11. The van der Waals surface area contributed by atoms with Gasteiger partial charge in [-0.2, -0.15) is 10.5 Å². The van der Waals surface area contributed by atoms with Gasteiger partial charge in [-0.25, -0.2) is 4.68 Å². The van der Waals surface area contributed by atoms with Gasteiger partial charge in [0.25, 0.3) is 0 Å². The van der Waals surface area contributed by atoms with Crippen LogP contribution in [0.4, 0.5) is 0 Å². The molecule has 0 bridgehead atoms. The van der Waals surface area contributed by atoms with Gasteiger partial charge in [-0.15, -0.1) is 16.4 Å². The zero-order chi connectivity index (χ0) is 10.7. The molecule has 15 heavy (non-hydrogen) atoms. The Labute approximate surface area is 89.8 Å². The summed E-state index contributed by atoms with van der Waals surface area (Å²) in [6.45, 7) is 0.0991. The summed E-state index contributed by atoms with van der Waals surface area (Å²) in [6.07, 6.45) is 0. The summed E-state index contributed by atoms with van der Waals surface area (Å²) in [7, 11) is 0. The van der Waals surface area contributed by atoms with Crippen molar-refractivity contribution in [2.45, 2.75) is 6.54 Å². The van der Waals surface area contributed by atoms with Crippen molar-refractivity contribution in [1.29, 1.82) is 10.5 Å². The number of hydrogen-bond donors (Lipinski definition) is 0. The van der Waals surface area contributed by atoms with Crippen LogP contribution in [-0.2, 0) is 6.54 Å². The van der Waals surface area contributed by atoms with Crippen molar-refractivity contribution in [3.63, 3.8) is 0 Å². The number of rotatable bonds is 2. The van der Waals surface area contributed by atoms with Crippen LogP contribution in [0.25, 0.3) is 10.6 Å². The van der Waals surface area contributed by atoms with E-state index in [1.54, 1.807) is 0 Å². The molecule has 0 radical (unpaired) electrons. The smallest absolute Gasteiger partial charge is 0.191 e. The molecule has 0 fully saturated rings. The van der Waals surface area contributed by atoms with Crippen molar-refractivity contribution >= 4 is 11.3 Å². The van der Waals surface area contributed by atoms with E-state index in [0.29, 0.717) is 5.69 Å². The maximum atomic E-state index is 8.85. The van der Waals surface area contributed by atoms with Gasteiger partial charge in [0.1, 0.15) is 18.3 Å². The predicted octanol–water partition coefficient (Wildman–Crippen LogP) is 1.40. The lowest BCUT2D eigenvalue weighted by molar-refractivity contribution is 0.675. The predicted molar refractivity (Wildman–Crippen MR) is 53.7 cm³/mol. The third-order valence-electron chi connectivity index (χ3n) is 1.82. The molecule has 2 rings (SSSR count). The number of nitrogens with zero attached hydrogens (tertiary/aromatic N) is 5. The van der Waals surface area contributed by atoms with Gasteiger partial charge in [-0.05, 0) is 11.4 Å². The van der Waals surface area contributed by atoms with Crippen LogP contribution < -0.4 is 0 Å². The van der Waals surface area contributed by atoms with Crippen molar-refractivity contribution in [2.75, 3.05) is 0 Å². The molecular weight excluding hydrogens is 210 g/mol. The summed E-state index contributed by atoms with van der Waals surface area (Å²) in [5.74, 6) is 0. The van der Waals surface area contributed by atoms with Gasteiger partial charge in [0.05, 0.1) is 10.9 Å². The van der Waals surface area contributed by atoms with Crippen LogP contribution in [-0.4, -0.2) is 15.0 Å². The highest BCUT2D eigenvalue weighted by molar-refractivity contribution is 7.13. The highest BCUT2D eigenvalue weighted by atomic mass is 32.1. The van der Waals surface area contributed by atoms with Gasteiger partial charge in [0, 0.05) is 0 Å². The Morgan fingerprint density at radius 2 is 2.33 bits per heavy atom. The summed E-state index contributed by atoms with van der Waals surface area (Å²) in [5, 5.41) is 26.8. The molecule has 0 amide bonds. The molecular formula is C9H5N5S. The molecule has 0 saturated heterocycles. The van der Waals surface area contributed by atoms with E-state index in [0.717, 1.165) is 4.88 Å². The normalized spacial score (nSPS) is 9.47. The van der Waals surface area contributed by atoms with Gasteiger partial charge in [0.2, 0.25) is 0 Å². The minimum absolute atomic E-state index is 0.0991. The van der Waals surface area contributed by atoms with Gasteiger partial charge in [-0.1, -0.05) is 11.3 Å². The topological polar surface area (TPSA) is 78.3 Å². The van der Waals surface area contributed by atoms with E-state index >= 15 is 0 Å². The van der Waals surface area contributed by atoms with E-state index in [9.17, 15) is 0 Å². The van der Waals surface area contributed by atoms with Crippen LogP contribution in [0.3, 0.4) is 0 Å². The van der Waals surface area contributed by atoms with E-state index in [4.69, 9.17) is 10.5 Å². The molecule has 2 heterocycles. The van der Waals surface area contributed by atoms with E-state index in [1.165, 1.54) is 16.0 Å². The molecule has 0 unspecified atom stereocenters. The lowest BCUT2D eigenvalue weighted by Gasteiger charge is -1.98. The monoisotopic (exact) mass is 215 g/mol. The summed E-state index contributed by atoms with van der Waals surface area (Å²) in [6, 6.07) is 7.70. The lowest BCUT2D eigenvalue weighted by atomic mass is 10.3. The fraction of sp³-hybridized carbons (Fsp3) is 0.111. The zero-order valence-corrected chi connectivity index (χ0v) is 8.40. The van der Waals surface area contributed by atoms with E-state index in [1.807, 2.05) is 29.7 Å². The van der Waals surface area contributed by atoms with Crippen molar-refractivity contribution in [2.24, 2.45) is 0 Å². The van der Waals surface area contributed by atoms with E-state index < -0.39 is 0 Å². The second kappa shape index (κ2) is 3.91. The van der Waals surface area contributed by atoms with Crippen LogP contribution >= 0.6 is 11.3 Å². The maximum Gasteiger partial charge on any atom is 0.191 e. The first kappa shape index (κ1) is 9.38. The van der Waals surface area contributed by atoms with Gasteiger partial charge in [-0.3, -0.25) is 0 Å². The maximum absolute atomic E-state index is 8.85. The molecule has 72 valence electrons. The summed E-state index contributed by atoms with van der Waals surface area (Å²) >= 11 is 1.49. The van der Waals surface area contributed by atoms with E-state index in [-0.39, 0.29) is 12.2 Å². The average molecular weight is 215 g/mol. The largest absolute Gasteiger partial charge is 0.228 e. The van der Waals surface area contributed by atoms with Gasteiger partial charge >= 0.3 is 0 Å². The SMILES string of the molecule is N#CCn1nnc(C#N)c1-c1cccs1. The second-order valence-corrected chi connectivity index (χ2v) is 3.64. The van der Waals surface area contributed by atoms with Crippen LogP contribution in [0.1, 0.15) is 5.69 Å². The Morgan fingerprint density at radius 1 is 1.47 bits per heavy atom. The Morgan fingerprint density at radius 3 is 2.93 bits per heavy atom. The lowest BCUT2D eigenvalue weighted by Crippen LogP contribution is -2.00. The molecule has 0 N–H and O–H groups in total. The minimum atomic E-state index is 0.0991. The number of thiophene rings is 1. The molecule has 0 spiro atoms. The molecule has 0 saturated carbocycles. The van der Waals surface area contributed by atoms with E-state index in [2.05, 4.69) is 10.3 Å². The Bertz CT molecular complexity index is 540. The van der Waals surface area contributed by atoms with Gasteiger partial charge < -0.3 is 0 Å². The van der Waals surface area contributed by atoms with Crippen LogP contribution in [0.2, 0.25) is 0 Å². The molecule has 0 atom stereocenters. The molecule has 0 aliphatic heterocycles. The third-order valence-corrected chi connectivity index (χ3v) is 2.69. The molecule has 0 aliphatic rings. The third kappa shape index (κ3) is 1.58. The fourth-order valence-corrected chi connectivity index (χ4v) is 2.00. The Balaban J connectivity index is 2.58. The summed E-state index contributed by atoms with van der Waals surface area (Å²) in [4.78, 5) is 0.895.